The molecule has 0 atom stereocenters. The zero-order chi connectivity index (χ0) is 27.2. The van der Waals surface area contributed by atoms with Crippen molar-refractivity contribution in [2.24, 2.45) is 5.41 Å². The third-order valence-corrected chi connectivity index (χ3v) is 7.74. The molecular formula is C25H34F3N5O3S. The second-order valence-corrected chi connectivity index (χ2v) is 13.0. The van der Waals surface area contributed by atoms with E-state index >= 15 is 0 Å². The minimum Gasteiger partial charge on any atom is -0.444 e. The molecule has 2 aromatic rings. The zero-order valence-electron chi connectivity index (χ0n) is 21.9. The SMILES string of the molecule is CC(C)(CC(=O)N1CC2(CCN(c3ncnc4sc(CC(F)(F)F)cc34)CC2)C1)NC(=O)OC(C)(C)C. The van der Waals surface area contributed by atoms with Gasteiger partial charge in [-0.1, -0.05) is 0 Å². The highest BCUT2D eigenvalue weighted by molar-refractivity contribution is 7.18. The molecular weight excluding hydrogens is 507 g/mol. The van der Waals surface area contributed by atoms with Crippen molar-refractivity contribution in [2.75, 3.05) is 31.1 Å². The van der Waals surface area contributed by atoms with Crippen molar-refractivity contribution >= 4 is 39.4 Å². The third kappa shape index (κ3) is 6.82. The molecule has 2 aromatic heterocycles. The number of halogens is 3. The van der Waals surface area contributed by atoms with Crippen LogP contribution in [0.25, 0.3) is 10.2 Å². The molecule has 0 saturated carbocycles. The number of aromatic nitrogens is 2. The van der Waals surface area contributed by atoms with E-state index in [9.17, 15) is 22.8 Å². The lowest BCUT2D eigenvalue weighted by molar-refractivity contribution is -0.146. The topological polar surface area (TPSA) is 87.7 Å². The number of nitrogens with zero attached hydrogens (tertiary/aromatic N) is 4. The lowest BCUT2D eigenvalue weighted by Gasteiger charge is -2.54. The Morgan fingerprint density at radius 3 is 2.35 bits per heavy atom. The average molecular weight is 542 g/mol. The standard InChI is InChI=1S/C25H34F3N5O3S/c1-22(2,3)36-21(35)31-23(4,5)12-18(34)33-13-24(14-33)6-8-32(9-7-24)19-17-10-16(11-25(26,27)28)37-20(17)30-15-29-19/h10,15H,6-9,11-14H2,1-5H3,(H,31,35). The van der Waals surface area contributed by atoms with Crippen LogP contribution in [-0.2, 0) is 16.0 Å². The van der Waals surface area contributed by atoms with E-state index in [1.807, 2.05) is 4.90 Å². The van der Waals surface area contributed by atoms with Gasteiger partial charge in [-0.3, -0.25) is 4.79 Å². The smallest absolute Gasteiger partial charge is 0.408 e. The first-order chi connectivity index (χ1) is 17.0. The van der Waals surface area contributed by atoms with E-state index in [1.165, 1.54) is 6.33 Å². The normalized spacial score (nSPS) is 18.2. The number of nitrogens with one attached hydrogen (secondary N) is 1. The molecule has 1 spiro atoms. The van der Waals surface area contributed by atoms with Crippen LogP contribution in [0.3, 0.4) is 0 Å². The van der Waals surface area contributed by atoms with Crippen LogP contribution < -0.4 is 10.2 Å². The molecule has 8 nitrogen and oxygen atoms in total. The van der Waals surface area contributed by atoms with Gasteiger partial charge in [0, 0.05) is 48.4 Å². The van der Waals surface area contributed by atoms with Crippen LogP contribution >= 0.6 is 11.3 Å². The van der Waals surface area contributed by atoms with Gasteiger partial charge >= 0.3 is 12.3 Å². The quantitative estimate of drug-likeness (QED) is 0.578. The molecule has 0 radical (unpaired) electrons. The summed E-state index contributed by atoms with van der Waals surface area (Å²) in [5.41, 5.74) is -1.32. The molecule has 2 amide bonds. The van der Waals surface area contributed by atoms with E-state index < -0.39 is 29.8 Å². The monoisotopic (exact) mass is 541 g/mol. The number of alkyl halides is 3. The molecule has 0 aromatic carbocycles. The summed E-state index contributed by atoms with van der Waals surface area (Å²) >= 11 is 1.06. The molecule has 2 aliphatic heterocycles. The van der Waals surface area contributed by atoms with E-state index in [-0.39, 0.29) is 22.6 Å². The summed E-state index contributed by atoms with van der Waals surface area (Å²) in [6.07, 6.45) is -2.47. The molecule has 37 heavy (non-hydrogen) atoms. The van der Waals surface area contributed by atoms with Crippen LogP contribution in [0, 0.1) is 5.41 Å². The average Bonchev–Trinajstić information content (AvgIpc) is 3.10. The fraction of sp³-hybridized carbons (Fsp3) is 0.680. The maximum atomic E-state index is 12.9. The highest BCUT2D eigenvalue weighted by atomic mass is 32.1. The number of ether oxygens (including phenoxy) is 1. The second kappa shape index (κ2) is 9.59. The van der Waals surface area contributed by atoms with Gasteiger partial charge in [0.15, 0.2) is 0 Å². The van der Waals surface area contributed by atoms with Crippen molar-refractivity contribution < 1.29 is 27.5 Å². The van der Waals surface area contributed by atoms with Gasteiger partial charge < -0.3 is 19.9 Å². The number of hydrogen-bond donors (Lipinski definition) is 1. The Morgan fingerprint density at radius 1 is 1.11 bits per heavy atom. The van der Waals surface area contributed by atoms with Crippen molar-refractivity contribution in [3.8, 4) is 0 Å². The largest absolute Gasteiger partial charge is 0.444 e. The number of anilines is 1. The van der Waals surface area contributed by atoms with E-state index in [0.717, 1.165) is 24.2 Å². The van der Waals surface area contributed by atoms with E-state index in [2.05, 4.69) is 20.2 Å². The van der Waals surface area contributed by atoms with Gasteiger partial charge in [0.05, 0.1) is 11.8 Å². The number of carbonyl (C=O) groups is 2. The van der Waals surface area contributed by atoms with Crippen LogP contribution in [0.15, 0.2) is 12.4 Å². The Bertz CT molecular complexity index is 1160. The van der Waals surface area contributed by atoms with Gasteiger partial charge in [0.2, 0.25) is 5.91 Å². The summed E-state index contributed by atoms with van der Waals surface area (Å²) in [5, 5.41) is 3.44. The first-order valence-electron chi connectivity index (χ1n) is 12.4. The fourth-order valence-electron chi connectivity index (χ4n) is 4.99. The summed E-state index contributed by atoms with van der Waals surface area (Å²) < 4.78 is 43.9. The molecule has 0 bridgehead atoms. The first-order valence-corrected chi connectivity index (χ1v) is 13.2. The van der Waals surface area contributed by atoms with Crippen LogP contribution in [-0.4, -0.2) is 70.4 Å². The van der Waals surface area contributed by atoms with Gasteiger partial charge in [-0.05, 0) is 53.5 Å². The first kappa shape index (κ1) is 27.4. The minimum absolute atomic E-state index is 0.0120. The summed E-state index contributed by atoms with van der Waals surface area (Å²) in [4.78, 5) is 38.3. The molecule has 2 aliphatic rings. The van der Waals surface area contributed by atoms with E-state index in [4.69, 9.17) is 4.74 Å². The Labute approximate surface area is 218 Å². The van der Waals surface area contributed by atoms with Crippen molar-refractivity contribution in [1.82, 2.24) is 20.2 Å². The maximum absolute atomic E-state index is 12.9. The van der Waals surface area contributed by atoms with Crippen molar-refractivity contribution in [3.63, 3.8) is 0 Å². The summed E-state index contributed by atoms with van der Waals surface area (Å²) in [7, 11) is 0. The molecule has 4 heterocycles. The third-order valence-electron chi connectivity index (χ3n) is 6.70. The van der Waals surface area contributed by atoms with Crippen LogP contribution in [0.1, 0.15) is 58.8 Å². The van der Waals surface area contributed by atoms with Crippen molar-refractivity contribution in [2.45, 2.75) is 77.6 Å². The fourth-order valence-corrected chi connectivity index (χ4v) is 6.01. The van der Waals surface area contributed by atoms with Crippen LogP contribution in [0.5, 0.6) is 0 Å². The Morgan fingerprint density at radius 2 is 1.76 bits per heavy atom. The van der Waals surface area contributed by atoms with Gasteiger partial charge in [-0.2, -0.15) is 13.2 Å². The molecule has 4 rings (SSSR count). The molecule has 2 saturated heterocycles. The number of alkyl carbamates (subject to hydrolysis) is 1. The second-order valence-electron chi connectivity index (χ2n) is 11.8. The molecule has 12 heteroatoms. The van der Waals surface area contributed by atoms with Crippen molar-refractivity contribution in [1.29, 1.82) is 0 Å². The molecule has 1 N–H and O–H groups in total. The predicted octanol–water partition coefficient (Wildman–Crippen LogP) is 4.92. The number of rotatable bonds is 5. The number of piperidine rings is 1. The lowest BCUT2D eigenvalue weighted by Crippen LogP contribution is -2.63. The van der Waals surface area contributed by atoms with E-state index in [1.54, 1.807) is 40.7 Å². The van der Waals surface area contributed by atoms with Crippen LogP contribution in [0.2, 0.25) is 0 Å². The summed E-state index contributed by atoms with van der Waals surface area (Å²) in [5.74, 6) is 0.661. The highest BCUT2D eigenvalue weighted by Gasteiger charge is 2.47. The Kier molecular flexibility index (Phi) is 7.11. The lowest BCUT2D eigenvalue weighted by atomic mass is 9.71. The number of fused-ring (bicyclic) bond motifs is 1. The van der Waals surface area contributed by atoms with Gasteiger partial charge in [0.1, 0.15) is 22.6 Å². The van der Waals surface area contributed by atoms with Crippen molar-refractivity contribution in [3.05, 3.63) is 17.3 Å². The molecule has 2 fully saturated rings. The number of thiophene rings is 1. The summed E-state index contributed by atoms with van der Waals surface area (Å²) in [6.45, 7) is 11.7. The highest BCUT2D eigenvalue weighted by Crippen LogP contribution is 2.43. The Hall–Kier alpha value is -2.63. The Balaban J connectivity index is 1.31. The molecule has 204 valence electrons. The predicted molar refractivity (Wildman–Crippen MR) is 136 cm³/mol. The van der Waals surface area contributed by atoms with Gasteiger partial charge in [-0.15, -0.1) is 11.3 Å². The maximum Gasteiger partial charge on any atom is 0.408 e. The number of hydrogen-bond acceptors (Lipinski definition) is 7. The van der Waals surface area contributed by atoms with E-state index in [0.29, 0.717) is 42.2 Å². The molecule has 0 aliphatic carbocycles. The number of likely N-dealkylation sites (tertiary alicyclic amines) is 1. The molecule has 0 unspecified atom stereocenters. The minimum atomic E-state index is -4.26. The van der Waals surface area contributed by atoms with Gasteiger partial charge in [-0.25, -0.2) is 14.8 Å². The van der Waals surface area contributed by atoms with Gasteiger partial charge in [0.25, 0.3) is 0 Å². The zero-order valence-corrected chi connectivity index (χ0v) is 22.7. The number of amides is 2. The van der Waals surface area contributed by atoms with Crippen LogP contribution in [0.4, 0.5) is 23.8 Å². The number of carbonyl (C=O) groups excluding carboxylic acids is 2. The summed E-state index contributed by atoms with van der Waals surface area (Å²) in [6, 6.07) is 1.56.